The number of fused-ring (bicyclic) bond motifs is 1. The zero-order valence-corrected chi connectivity index (χ0v) is 19.3. The summed E-state index contributed by atoms with van der Waals surface area (Å²) >= 11 is 1.36. The van der Waals surface area contributed by atoms with E-state index in [2.05, 4.69) is 4.98 Å². The molecule has 1 amide bonds. The van der Waals surface area contributed by atoms with Gasteiger partial charge >= 0.3 is 0 Å². The molecule has 166 valence electrons. The lowest BCUT2D eigenvalue weighted by Gasteiger charge is -2.19. The third kappa shape index (κ3) is 4.12. The van der Waals surface area contributed by atoms with Crippen molar-refractivity contribution < 1.29 is 22.4 Å². The number of anilines is 1. The van der Waals surface area contributed by atoms with Gasteiger partial charge in [-0.2, -0.15) is 0 Å². The number of ether oxygens (including phenoxy) is 1. The molecule has 0 saturated heterocycles. The van der Waals surface area contributed by atoms with Crippen LogP contribution in [-0.2, 0) is 16.6 Å². The highest BCUT2D eigenvalue weighted by Gasteiger charge is 2.24. The van der Waals surface area contributed by atoms with Crippen molar-refractivity contribution in [3.8, 4) is 5.75 Å². The van der Waals surface area contributed by atoms with E-state index in [0.29, 0.717) is 27.7 Å². The predicted molar refractivity (Wildman–Crippen MR) is 123 cm³/mol. The number of nitrogens with zero attached hydrogens (tertiary/aromatic N) is 3. The number of furan rings is 1. The molecule has 0 aliphatic carbocycles. The highest BCUT2D eigenvalue weighted by molar-refractivity contribution is 7.89. The van der Waals surface area contributed by atoms with Gasteiger partial charge in [0, 0.05) is 19.7 Å². The molecule has 0 unspecified atom stereocenters. The van der Waals surface area contributed by atoms with Crippen molar-refractivity contribution in [2.45, 2.75) is 11.4 Å². The van der Waals surface area contributed by atoms with E-state index in [-0.39, 0.29) is 17.3 Å². The summed E-state index contributed by atoms with van der Waals surface area (Å²) in [6, 6.07) is 15.0. The normalized spacial score (nSPS) is 11.8. The van der Waals surface area contributed by atoms with E-state index in [9.17, 15) is 13.2 Å². The zero-order valence-electron chi connectivity index (χ0n) is 17.7. The van der Waals surface area contributed by atoms with Crippen LogP contribution in [0.1, 0.15) is 16.1 Å². The Bertz CT molecular complexity index is 1340. The molecule has 2 aromatic carbocycles. The van der Waals surface area contributed by atoms with E-state index in [1.165, 1.54) is 54.6 Å². The van der Waals surface area contributed by atoms with Gasteiger partial charge in [-0.25, -0.2) is 17.7 Å². The van der Waals surface area contributed by atoms with E-state index >= 15 is 0 Å². The number of amides is 1. The number of rotatable bonds is 7. The third-order valence-corrected chi connectivity index (χ3v) is 7.71. The zero-order chi connectivity index (χ0) is 22.9. The topological polar surface area (TPSA) is 92.9 Å². The van der Waals surface area contributed by atoms with Crippen LogP contribution in [0, 0.1) is 0 Å². The second kappa shape index (κ2) is 8.73. The van der Waals surface area contributed by atoms with Crippen molar-refractivity contribution in [1.82, 2.24) is 9.29 Å². The van der Waals surface area contributed by atoms with Gasteiger partial charge in [0.25, 0.3) is 5.91 Å². The Morgan fingerprint density at radius 2 is 1.84 bits per heavy atom. The number of methoxy groups -OCH3 is 1. The lowest BCUT2D eigenvalue weighted by molar-refractivity contribution is 0.0983. The summed E-state index contributed by atoms with van der Waals surface area (Å²) in [6.45, 7) is 0.172. The second-order valence-corrected chi connectivity index (χ2v) is 10.2. The van der Waals surface area contributed by atoms with Crippen LogP contribution in [0.3, 0.4) is 0 Å². The van der Waals surface area contributed by atoms with Gasteiger partial charge in [0.05, 0.1) is 29.5 Å². The van der Waals surface area contributed by atoms with Gasteiger partial charge < -0.3 is 9.15 Å². The van der Waals surface area contributed by atoms with Crippen LogP contribution < -0.4 is 9.64 Å². The fourth-order valence-corrected chi connectivity index (χ4v) is 5.00. The van der Waals surface area contributed by atoms with Gasteiger partial charge in [0.2, 0.25) is 10.0 Å². The number of benzene rings is 2. The third-order valence-electron chi connectivity index (χ3n) is 4.84. The highest BCUT2D eigenvalue weighted by atomic mass is 32.2. The molecule has 32 heavy (non-hydrogen) atoms. The van der Waals surface area contributed by atoms with Crippen molar-refractivity contribution in [2.75, 3.05) is 26.1 Å². The molecular weight excluding hydrogens is 450 g/mol. The first-order valence-electron chi connectivity index (χ1n) is 9.61. The van der Waals surface area contributed by atoms with Gasteiger partial charge in [0.1, 0.15) is 17.0 Å². The molecule has 10 heteroatoms. The molecule has 8 nitrogen and oxygen atoms in total. The summed E-state index contributed by atoms with van der Waals surface area (Å²) in [5.74, 6) is 0.887. The largest absolute Gasteiger partial charge is 0.494 e. The molecule has 2 aromatic heterocycles. The molecule has 0 saturated carbocycles. The monoisotopic (exact) mass is 471 g/mol. The number of para-hydroxylation sites is 1. The smallest absolute Gasteiger partial charge is 0.260 e. The number of carbonyl (C=O) groups excluding carboxylic acids is 1. The Kier molecular flexibility index (Phi) is 6.00. The lowest BCUT2D eigenvalue weighted by atomic mass is 10.2. The maximum atomic E-state index is 13.5. The SMILES string of the molecule is COc1cccc2sc(N(Cc3ccco3)C(=O)c3ccc(S(=O)(=O)N(C)C)cc3)nc12. The number of hydrogen-bond acceptors (Lipinski definition) is 7. The van der Waals surface area contributed by atoms with E-state index in [0.717, 1.165) is 9.01 Å². The molecular formula is C22H21N3O5S2. The van der Waals surface area contributed by atoms with Crippen LogP contribution in [0.2, 0.25) is 0 Å². The molecule has 2 heterocycles. The predicted octanol–water partition coefficient (Wildman–Crippen LogP) is 4.00. The average molecular weight is 472 g/mol. The van der Waals surface area contributed by atoms with Crippen molar-refractivity contribution >= 4 is 42.6 Å². The maximum Gasteiger partial charge on any atom is 0.260 e. The number of thiazole rings is 1. The van der Waals surface area contributed by atoms with Gasteiger partial charge in [-0.15, -0.1) is 0 Å². The molecule has 4 rings (SSSR count). The van der Waals surface area contributed by atoms with Crippen LogP contribution in [0.4, 0.5) is 5.13 Å². The quantitative estimate of drug-likeness (QED) is 0.405. The molecule has 0 spiro atoms. The molecule has 0 aliphatic rings. The first kappa shape index (κ1) is 22.0. The summed E-state index contributed by atoms with van der Waals surface area (Å²) in [7, 11) is 0.902. The van der Waals surface area contributed by atoms with Crippen molar-refractivity contribution in [3.63, 3.8) is 0 Å². The second-order valence-electron chi connectivity index (χ2n) is 7.09. The number of aromatic nitrogens is 1. The van der Waals surface area contributed by atoms with Gasteiger partial charge in [-0.05, 0) is 48.5 Å². The van der Waals surface area contributed by atoms with Crippen molar-refractivity contribution in [3.05, 3.63) is 72.2 Å². The molecule has 0 aliphatic heterocycles. The number of sulfonamides is 1. The highest BCUT2D eigenvalue weighted by Crippen LogP contribution is 2.35. The Morgan fingerprint density at radius 3 is 2.47 bits per heavy atom. The fraction of sp³-hybridized carbons (Fsp3) is 0.182. The van der Waals surface area contributed by atoms with Crippen LogP contribution in [0.15, 0.2) is 70.2 Å². The molecule has 0 radical (unpaired) electrons. The first-order valence-corrected chi connectivity index (χ1v) is 11.9. The van der Waals surface area contributed by atoms with Gasteiger partial charge in [-0.3, -0.25) is 9.69 Å². The van der Waals surface area contributed by atoms with E-state index in [1.807, 2.05) is 18.2 Å². The minimum atomic E-state index is -3.59. The Hall–Kier alpha value is -3.21. The van der Waals surface area contributed by atoms with Crippen molar-refractivity contribution in [2.24, 2.45) is 0 Å². The van der Waals surface area contributed by atoms with Crippen LogP contribution in [0.5, 0.6) is 5.75 Å². The van der Waals surface area contributed by atoms with E-state index < -0.39 is 10.0 Å². The summed E-state index contributed by atoms with van der Waals surface area (Å²) in [5.41, 5.74) is 1.00. The Morgan fingerprint density at radius 1 is 1.09 bits per heavy atom. The molecule has 0 atom stereocenters. The summed E-state index contributed by atoms with van der Waals surface area (Å²) in [4.78, 5) is 19.7. The van der Waals surface area contributed by atoms with Crippen LogP contribution in [-0.4, -0.2) is 44.8 Å². The first-order chi connectivity index (χ1) is 15.3. The number of carbonyl (C=O) groups is 1. The average Bonchev–Trinajstić information content (AvgIpc) is 3.46. The molecule has 4 aromatic rings. The minimum Gasteiger partial charge on any atom is -0.494 e. The summed E-state index contributed by atoms with van der Waals surface area (Å²) < 4.78 is 37.5. The number of hydrogen-bond donors (Lipinski definition) is 0. The molecule has 0 bridgehead atoms. The summed E-state index contributed by atoms with van der Waals surface area (Å²) in [6.07, 6.45) is 1.54. The van der Waals surface area contributed by atoms with E-state index in [1.54, 1.807) is 25.5 Å². The van der Waals surface area contributed by atoms with Crippen LogP contribution in [0.25, 0.3) is 10.2 Å². The summed E-state index contributed by atoms with van der Waals surface area (Å²) in [5, 5.41) is 0.482. The Balaban J connectivity index is 1.73. The maximum absolute atomic E-state index is 13.5. The molecule has 0 fully saturated rings. The minimum absolute atomic E-state index is 0.112. The van der Waals surface area contributed by atoms with Crippen LogP contribution >= 0.6 is 11.3 Å². The Labute approximate surface area is 189 Å². The van der Waals surface area contributed by atoms with Gasteiger partial charge in [0.15, 0.2) is 5.13 Å². The fourth-order valence-electron chi connectivity index (χ4n) is 3.11. The molecule has 0 N–H and O–H groups in total. The van der Waals surface area contributed by atoms with E-state index in [4.69, 9.17) is 9.15 Å². The van der Waals surface area contributed by atoms with Gasteiger partial charge in [-0.1, -0.05) is 17.4 Å². The lowest BCUT2D eigenvalue weighted by Crippen LogP contribution is -2.30. The van der Waals surface area contributed by atoms with Crippen molar-refractivity contribution in [1.29, 1.82) is 0 Å². The standard InChI is InChI=1S/C22H21N3O5S2/c1-24(2)32(27,28)17-11-9-15(10-12-17)21(26)25(14-16-6-5-13-30-16)22-23-20-18(29-3)7-4-8-19(20)31-22/h4-13H,14H2,1-3H3.